The lowest BCUT2D eigenvalue weighted by atomic mass is 10.1. The fourth-order valence-electron chi connectivity index (χ4n) is 2.78. The van der Waals surface area contributed by atoms with Crippen LogP contribution in [0.5, 0.6) is 0 Å². The SMILES string of the molecule is CCS(=O)c1cc(C2CC2)cnc1-c1cn2cnc(C(F)(F)F)cc2n1.O. The first kappa shape index (κ1) is 19.4. The third-order valence-corrected chi connectivity index (χ3v) is 5.64. The summed E-state index contributed by atoms with van der Waals surface area (Å²) in [5.74, 6) is 0.888. The highest BCUT2D eigenvalue weighted by Crippen LogP contribution is 2.41. The van der Waals surface area contributed by atoms with Crippen LogP contribution in [0.4, 0.5) is 13.2 Å². The maximum Gasteiger partial charge on any atom is 0.433 e. The monoisotopic (exact) mass is 398 g/mol. The van der Waals surface area contributed by atoms with E-state index in [0.29, 0.717) is 28.0 Å². The van der Waals surface area contributed by atoms with Crippen LogP contribution >= 0.6 is 0 Å². The van der Waals surface area contributed by atoms with E-state index in [0.717, 1.165) is 30.8 Å². The second-order valence-electron chi connectivity index (χ2n) is 6.19. The summed E-state index contributed by atoms with van der Waals surface area (Å²) in [7, 11) is -1.25. The van der Waals surface area contributed by atoms with Crippen LogP contribution in [0.15, 0.2) is 35.7 Å². The van der Waals surface area contributed by atoms with Gasteiger partial charge >= 0.3 is 6.18 Å². The number of aromatic nitrogens is 4. The van der Waals surface area contributed by atoms with Crippen molar-refractivity contribution in [3.8, 4) is 11.4 Å². The average Bonchev–Trinajstić information content (AvgIpc) is 3.38. The normalized spacial score (nSPS) is 15.6. The summed E-state index contributed by atoms with van der Waals surface area (Å²) in [6.07, 6.45) is 2.03. The molecule has 3 aromatic heterocycles. The Morgan fingerprint density at radius 1 is 1.26 bits per heavy atom. The molecule has 0 saturated heterocycles. The van der Waals surface area contributed by atoms with Crippen molar-refractivity contribution in [1.29, 1.82) is 0 Å². The van der Waals surface area contributed by atoms with E-state index >= 15 is 0 Å². The Bertz CT molecular complexity index is 1020. The van der Waals surface area contributed by atoms with Gasteiger partial charge in [0.25, 0.3) is 0 Å². The smallest absolute Gasteiger partial charge is 0.412 e. The van der Waals surface area contributed by atoms with E-state index in [2.05, 4.69) is 15.0 Å². The second kappa shape index (κ2) is 7.01. The van der Waals surface area contributed by atoms with Crippen LogP contribution < -0.4 is 0 Å². The number of nitrogens with zero attached hydrogens (tertiary/aromatic N) is 4. The van der Waals surface area contributed by atoms with Crippen molar-refractivity contribution in [2.45, 2.75) is 36.8 Å². The van der Waals surface area contributed by atoms with Gasteiger partial charge in [0, 0.05) is 24.2 Å². The molecule has 27 heavy (non-hydrogen) atoms. The van der Waals surface area contributed by atoms with Gasteiger partial charge in [-0.1, -0.05) is 6.92 Å². The maximum atomic E-state index is 12.8. The lowest BCUT2D eigenvalue weighted by molar-refractivity contribution is -0.141. The van der Waals surface area contributed by atoms with Gasteiger partial charge in [-0.3, -0.25) is 13.6 Å². The number of fused-ring (bicyclic) bond motifs is 1. The van der Waals surface area contributed by atoms with Gasteiger partial charge in [0.1, 0.15) is 29.1 Å². The van der Waals surface area contributed by atoms with Crippen molar-refractivity contribution in [3.05, 3.63) is 42.1 Å². The van der Waals surface area contributed by atoms with Gasteiger partial charge in [0.15, 0.2) is 0 Å². The minimum Gasteiger partial charge on any atom is -0.412 e. The van der Waals surface area contributed by atoms with Gasteiger partial charge in [-0.25, -0.2) is 9.97 Å². The summed E-state index contributed by atoms with van der Waals surface area (Å²) in [5, 5.41) is 0. The van der Waals surface area contributed by atoms with Crippen molar-refractivity contribution in [1.82, 2.24) is 19.4 Å². The number of imidazole rings is 1. The van der Waals surface area contributed by atoms with Crippen LogP contribution in [0, 0.1) is 0 Å². The van der Waals surface area contributed by atoms with Crippen LogP contribution in [-0.2, 0) is 17.0 Å². The van der Waals surface area contributed by atoms with Crippen LogP contribution in [0.2, 0.25) is 0 Å². The van der Waals surface area contributed by atoms with E-state index < -0.39 is 22.7 Å². The van der Waals surface area contributed by atoms with Gasteiger partial charge in [-0.2, -0.15) is 13.2 Å². The van der Waals surface area contributed by atoms with Crippen molar-refractivity contribution < 1.29 is 22.9 Å². The van der Waals surface area contributed by atoms with Crippen LogP contribution in [-0.4, -0.2) is 34.8 Å². The molecule has 3 aromatic rings. The van der Waals surface area contributed by atoms with E-state index in [1.54, 1.807) is 12.4 Å². The molecule has 0 bridgehead atoms. The van der Waals surface area contributed by atoms with Crippen molar-refractivity contribution in [2.24, 2.45) is 0 Å². The Labute approximate surface area is 155 Å². The summed E-state index contributed by atoms with van der Waals surface area (Å²) < 4.78 is 52.4. The number of halogens is 3. The van der Waals surface area contributed by atoms with Gasteiger partial charge in [0.05, 0.1) is 15.7 Å². The number of pyridine rings is 1. The molecular formula is C17H17F3N4O2S. The first-order valence-electron chi connectivity index (χ1n) is 8.17. The first-order valence-corrected chi connectivity index (χ1v) is 9.49. The number of alkyl halides is 3. The van der Waals surface area contributed by atoms with E-state index in [-0.39, 0.29) is 11.1 Å². The van der Waals surface area contributed by atoms with Gasteiger partial charge in [-0.15, -0.1) is 0 Å². The zero-order valence-corrected chi connectivity index (χ0v) is 15.1. The molecule has 4 rings (SSSR count). The highest BCUT2D eigenvalue weighted by molar-refractivity contribution is 7.85. The molecule has 0 amide bonds. The molecule has 2 N–H and O–H groups in total. The molecule has 1 unspecified atom stereocenters. The highest BCUT2D eigenvalue weighted by atomic mass is 32.2. The molecular weight excluding hydrogens is 381 g/mol. The standard InChI is InChI=1S/C17H15F3N4OS.H2O/c1-2-26(25)13-5-11(10-3-4-10)7-21-16(13)12-8-24-9-22-14(17(18,19)20)6-15(24)23-12;/h5-10H,2-4H2,1H3;1H2. The predicted molar refractivity (Wildman–Crippen MR) is 93.8 cm³/mol. The Hall–Kier alpha value is -2.33. The lowest BCUT2D eigenvalue weighted by Gasteiger charge is -2.08. The molecule has 1 aliphatic rings. The maximum absolute atomic E-state index is 12.8. The lowest BCUT2D eigenvalue weighted by Crippen LogP contribution is -2.08. The first-order chi connectivity index (χ1) is 12.4. The summed E-state index contributed by atoms with van der Waals surface area (Å²) >= 11 is 0. The van der Waals surface area contributed by atoms with E-state index in [1.165, 1.54) is 4.40 Å². The molecule has 0 spiro atoms. The highest BCUT2D eigenvalue weighted by Gasteiger charge is 2.33. The molecule has 10 heteroatoms. The zero-order chi connectivity index (χ0) is 18.5. The molecule has 1 saturated carbocycles. The minimum absolute atomic E-state index is 0. The zero-order valence-electron chi connectivity index (χ0n) is 14.3. The number of hydrogen-bond donors (Lipinski definition) is 0. The third kappa shape index (κ3) is 3.72. The summed E-state index contributed by atoms with van der Waals surface area (Å²) in [5.41, 5.74) is 0.979. The Kier molecular flexibility index (Phi) is 5.04. The third-order valence-electron chi connectivity index (χ3n) is 4.31. The Balaban J connectivity index is 0.00000210. The molecule has 1 fully saturated rings. The molecule has 1 atom stereocenters. The van der Waals surface area contributed by atoms with E-state index in [9.17, 15) is 17.4 Å². The number of hydrogen-bond acceptors (Lipinski definition) is 4. The van der Waals surface area contributed by atoms with Crippen molar-refractivity contribution in [2.75, 3.05) is 5.75 Å². The fourth-order valence-corrected chi connectivity index (χ4v) is 3.73. The minimum atomic E-state index is -4.53. The molecule has 1 aliphatic carbocycles. The molecule has 0 radical (unpaired) electrons. The molecule has 3 heterocycles. The fraction of sp³-hybridized carbons (Fsp3) is 0.353. The molecule has 0 aromatic carbocycles. The summed E-state index contributed by atoms with van der Waals surface area (Å²) in [6, 6.07) is 2.78. The van der Waals surface area contributed by atoms with Gasteiger partial charge in [-0.05, 0) is 30.4 Å². The van der Waals surface area contributed by atoms with Gasteiger partial charge < -0.3 is 5.48 Å². The molecule has 144 valence electrons. The van der Waals surface area contributed by atoms with Gasteiger partial charge in [0.2, 0.25) is 0 Å². The van der Waals surface area contributed by atoms with E-state index in [1.807, 2.05) is 13.0 Å². The topological polar surface area (TPSA) is 91.7 Å². The second-order valence-corrected chi connectivity index (χ2v) is 7.90. The molecule has 6 nitrogen and oxygen atoms in total. The Morgan fingerprint density at radius 3 is 2.63 bits per heavy atom. The van der Waals surface area contributed by atoms with Crippen LogP contribution in [0.25, 0.3) is 17.0 Å². The predicted octanol–water partition coefficient (Wildman–Crippen LogP) is 2.99. The number of rotatable bonds is 4. The quantitative estimate of drug-likeness (QED) is 0.675. The van der Waals surface area contributed by atoms with Crippen molar-refractivity contribution in [3.63, 3.8) is 0 Å². The largest absolute Gasteiger partial charge is 0.433 e. The van der Waals surface area contributed by atoms with Crippen molar-refractivity contribution >= 4 is 16.4 Å². The van der Waals surface area contributed by atoms with E-state index in [4.69, 9.17) is 0 Å². The molecule has 0 aliphatic heterocycles. The Morgan fingerprint density at radius 2 is 2.00 bits per heavy atom. The summed E-state index contributed by atoms with van der Waals surface area (Å²) in [6.45, 7) is 1.81. The average molecular weight is 398 g/mol. The van der Waals surface area contributed by atoms with Crippen LogP contribution in [0.3, 0.4) is 0 Å². The van der Waals surface area contributed by atoms with Crippen LogP contribution in [0.1, 0.15) is 36.9 Å². The summed E-state index contributed by atoms with van der Waals surface area (Å²) in [4.78, 5) is 12.7.